The van der Waals surface area contributed by atoms with Gasteiger partial charge in [0, 0.05) is 22.9 Å². The first-order chi connectivity index (χ1) is 8.74. The summed E-state index contributed by atoms with van der Waals surface area (Å²) in [5.41, 5.74) is 13.1. The van der Waals surface area contributed by atoms with E-state index in [0.717, 1.165) is 20.9 Å². The maximum atomic E-state index is 12.4. The Morgan fingerprint density at radius 3 is 1.67 bits per heavy atom. The summed E-state index contributed by atoms with van der Waals surface area (Å²) in [4.78, 5) is 1.54. The lowest BCUT2D eigenvalue weighted by Gasteiger charge is -2.05. The first kappa shape index (κ1) is 13.0. The molecule has 0 fully saturated rings. The fourth-order valence-electron chi connectivity index (χ4n) is 1.71. The maximum absolute atomic E-state index is 12.4. The molecule has 0 radical (unpaired) electrons. The molecule has 0 aliphatic rings. The fraction of sp³-hybridized carbons (Fsp3) is 0.143. The van der Waals surface area contributed by atoms with Gasteiger partial charge in [0.05, 0.1) is 10.8 Å². The summed E-state index contributed by atoms with van der Waals surface area (Å²) in [6.07, 6.45) is 0. The van der Waals surface area contributed by atoms with Crippen LogP contribution < -0.4 is 11.5 Å². The van der Waals surface area contributed by atoms with Crippen LogP contribution in [0.5, 0.6) is 0 Å². The van der Waals surface area contributed by atoms with Crippen LogP contribution in [0.2, 0.25) is 0 Å². The van der Waals surface area contributed by atoms with Gasteiger partial charge in [-0.15, -0.1) is 0 Å². The van der Waals surface area contributed by atoms with E-state index in [1.807, 2.05) is 48.5 Å². The van der Waals surface area contributed by atoms with Gasteiger partial charge in [0.15, 0.2) is 0 Å². The number of rotatable bonds is 4. The fourth-order valence-corrected chi connectivity index (χ4v) is 2.90. The smallest absolute Gasteiger partial charge is 0.0849 e. The molecule has 18 heavy (non-hydrogen) atoms. The highest BCUT2D eigenvalue weighted by molar-refractivity contribution is 7.85. The van der Waals surface area contributed by atoms with Gasteiger partial charge >= 0.3 is 0 Å². The van der Waals surface area contributed by atoms with Crippen LogP contribution in [0.25, 0.3) is 0 Å². The van der Waals surface area contributed by atoms with E-state index in [2.05, 4.69) is 0 Å². The van der Waals surface area contributed by atoms with E-state index in [-0.39, 0.29) is 0 Å². The van der Waals surface area contributed by atoms with E-state index in [1.54, 1.807) is 0 Å². The molecule has 2 aromatic rings. The van der Waals surface area contributed by atoms with Crippen molar-refractivity contribution in [3.05, 3.63) is 59.7 Å². The third-order valence-electron chi connectivity index (χ3n) is 2.70. The van der Waals surface area contributed by atoms with Gasteiger partial charge in [0.1, 0.15) is 0 Å². The maximum Gasteiger partial charge on any atom is 0.0849 e. The van der Waals surface area contributed by atoms with Crippen molar-refractivity contribution in [2.75, 3.05) is 0 Å². The SMILES string of the molecule is NCc1cccc(S(=O)c2cccc(CN)c2)c1. The molecule has 3 nitrogen and oxygen atoms in total. The standard InChI is InChI=1S/C14H16N2OS/c15-9-11-3-1-5-13(7-11)18(17)14-6-2-4-12(8-14)10-16/h1-8H,9-10,15-16H2. The normalized spacial score (nSPS) is 10.8. The molecule has 0 spiro atoms. The van der Waals surface area contributed by atoms with Crippen molar-refractivity contribution < 1.29 is 4.21 Å². The van der Waals surface area contributed by atoms with Crippen molar-refractivity contribution >= 4 is 10.8 Å². The zero-order valence-corrected chi connectivity index (χ0v) is 10.8. The van der Waals surface area contributed by atoms with Gasteiger partial charge in [-0.25, -0.2) is 4.21 Å². The zero-order chi connectivity index (χ0) is 13.0. The summed E-state index contributed by atoms with van der Waals surface area (Å²) in [6.45, 7) is 0.905. The first-order valence-corrected chi connectivity index (χ1v) is 6.89. The van der Waals surface area contributed by atoms with Crippen LogP contribution in [0.4, 0.5) is 0 Å². The second-order valence-corrected chi connectivity index (χ2v) is 5.45. The Morgan fingerprint density at radius 2 is 1.28 bits per heavy atom. The van der Waals surface area contributed by atoms with Crippen LogP contribution in [0.15, 0.2) is 58.3 Å². The number of benzene rings is 2. The molecule has 0 unspecified atom stereocenters. The quantitative estimate of drug-likeness (QED) is 0.880. The van der Waals surface area contributed by atoms with Crippen LogP contribution in [0, 0.1) is 0 Å². The predicted molar refractivity (Wildman–Crippen MR) is 73.3 cm³/mol. The molecule has 0 aromatic heterocycles. The molecular weight excluding hydrogens is 244 g/mol. The van der Waals surface area contributed by atoms with Crippen LogP contribution in [0.1, 0.15) is 11.1 Å². The topological polar surface area (TPSA) is 69.1 Å². The number of hydrogen-bond acceptors (Lipinski definition) is 3. The van der Waals surface area contributed by atoms with E-state index in [1.165, 1.54) is 0 Å². The summed E-state index contributed by atoms with van der Waals surface area (Å²) in [7, 11) is -1.18. The molecule has 0 saturated heterocycles. The van der Waals surface area contributed by atoms with Gasteiger partial charge in [0.25, 0.3) is 0 Å². The highest BCUT2D eigenvalue weighted by atomic mass is 32.2. The van der Waals surface area contributed by atoms with E-state index < -0.39 is 10.8 Å². The van der Waals surface area contributed by atoms with Crippen LogP contribution >= 0.6 is 0 Å². The summed E-state index contributed by atoms with van der Waals surface area (Å²) < 4.78 is 12.4. The van der Waals surface area contributed by atoms with E-state index in [9.17, 15) is 4.21 Å². The molecule has 2 aromatic carbocycles. The van der Waals surface area contributed by atoms with Crippen molar-refractivity contribution in [3.8, 4) is 0 Å². The van der Waals surface area contributed by atoms with Gasteiger partial charge in [-0.2, -0.15) is 0 Å². The number of nitrogens with two attached hydrogens (primary N) is 2. The minimum atomic E-state index is -1.18. The average Bonchev–Trinajstić information content (AvgIpc) is 2.46. The highest BCUT2D eigenvalue weighted by Crippen LogP contribution is 2.18. The Bertz CT molecular complexity index is 520. The van der Waals surface area contributed by atoms with Crippen molar-refractivity contribution in [3.63, 3.8) is 0 Å². The third kappa shape index (κ3) is 2.85. The first-order valence-electron chi connectivity index (χ1n) is 5.74. The summed E-state index contributed by atoms with van der Waals surface area (Å²) in [5, 5.41) is 0. The van der Waals surface area contributed by atoms with E-state index in [0.29, 0.717) is 13.1 Å². The zero-order valence-electron chi connectivity index (χ0n) is 10.0. The minimum Gasteiger partial charge on any atom is -0.326 e. The summed E-state index contributed by atoms with van der Waals surface area (Å²) >= 11 is 0. The Kier molecular flexibility index (Phi) is 4.25. The molecule has 4 N–H and O–H groups in total. The number of hydrogen-bond donors (Lipinski definition) is 2. The second-order valence-electron chi connectivity index (χ2n) is 3.97. The molecule has 4 heteroatoms. The van der Waals surface area contributed by atoms with Gasteiger partial charge in [-0.3, -0.25) is 0 Å². The van der Waals surface area contributed by atoms with Gasteiger partial charge < -0.3 is 11.5 Å². The Labute approximate surface area is 109 Å². The molecule has 2 rings (SSSR count). The molecule has 0 amide bonds. The third-order valence-corrected chi connectivity index (χ3v) is 4.06. The monoisotopic (exact) mass is 260 g/mol. The lowest BCUT2D eigenvalue weighted by molar-refractivity contribution is 0.683. The van der Waals surface area contributed by atoms with Crippen LogP contribution in [-0.2, 0) is 23.9 Å². The van der Waals surface area contributed by atoms with E-state index in [4.69, 9.17) is 11.5 Å². The Balaban J connectivity index is 2.34. The second kappa shape index (κ2) is 5.91. The van der Waals surface area contributed by atoms with E-state index >= 15 is 0 Å². The Morgan fingerprint density at radius 1 is 0.833 bits per heavy atom. The summed E-state index contributed by atoms with van der Waals surface area (Å²) in [6, 6.07) is 15.1. The van der Waals surface area contributed by atoms with Gasteiger partial charge in [-0.1, -0.05) is 24.3 Å². The predicted octanol–water partition coefficient (Wildman–Crippen LogP) is 1.77. The molecule has 0 saturated carbocycles. The average molecular weight is 260 g/mol. The van der Waals surface area contributed by atoms with Crippen LogP contribution in [0.3, 0.4) is 0 Å². The molecule has 0 aliphatic heterocycles. The molecule has 0 heterocycles. The molecule has 94 valence electrons. The van der Waals surface area contributed by atoms with Gasteiger partial charge in [0.2, 0.25) is 0 Å². The largest absolute Gasteiger partial charge is 0.326 e. The highest BCUT2D eigenvalue weighted by Gasteiger charge is 2.07. The molecular formula is C14H16N2OS. The van der Waals surface area contributed by atoms with Crippen molar-refractivity contribution in [2.24, 2.45) is 11.5 Å². The minimum absolute atomic E-state index is 0.452. The lowest BCUT2D eigenvalue weighted by Crippen LogP contribution is -2.00. The molecule has 0 bridgehead atoms. The van der Waals surface area contributed by atoms with Crippen molar-refractivity contribution in [1.82, 2.24) is 0 Å². The lowest BCUT2D eigenvalue weighted by atomic mass is 10.2. The Hall–Kier alpha value is -1.49. The van der Waals surface area contributed by atoms with Crippen LogP contribution in [-0.4, -0.2) is 4.21 Å². The van der Waals surface area contributed by atoms with Crippen molar-refractivity contribution in [2.45, 2.75) is 22.9 Å². The molecule has 0 atom stereocenters. The molecule has 0 aliphatic carbocycles. The summed E-state index contributed by atoms with van der Waals surface area (Å²) in [5.74, 6) is 0. The van der Waals surface area contributed by atoms with Crippen molar-refractivity contribution in [1.29, 1.82) is 0 Å². The van der Waals surface area contributed by atoms with Gasteiger partial charge in [-0.05, 0) is 35.4 Å².